The molecule has 0 saturated carbocycles. The van der Waals surface area contributed by atoms with E-state index in [4.69, 9.17) is 0 Å². The topological polar surface area (TPSA) is 6.48 Å². The van der Waals surface area contributed by atoms with Crippen molar-refractivity contribution in [3.05, 3.63) is 12.4 Å². The number of hydrogen-bond acceptors (Lipinski definition) is 2. The lowest BCUT2D eigenvalue weighted by atomic mass is 10.1. The Morgan fingerprint density at radius 1 is 0.824 bits per heavy atom. The third-order valence-electron chi connectivity index (χ3n) is 3.49. The average molecular weight is 238 g/mol. The summed E-state index contributed by atoms with van der Waals surface area (Å²) in [6.45, 7) is 4.60. The van der Waals surface area contributed by atoms with Gasteiger partial charge >= 0.3 is 0 Å². The van der Waals surface area contributed by atoms with Crippen molar-refractivity contribution in [3.63, 3.8) is 0 Å². The molecule has 1 rings (SSSR count). The van der Waals surface area contributed by atoms with Crippen molar-refractivity contribution in [2.45, 2.75) is 64.7 Å². The van der Waals surface area contributed by atoms with Crippen LogP contribution in [0.25, 0.3) is 0 Å². The van der Waals surface area contributed by atoms with Crippen LogP contribution in [0, 0.1) is 0 Å². The molecule has 1 heterocycles. The highest BCUT2D eigenvalue weighted by Gasteiger charge is 2.06. The zero-order valence-corrected chi connectivity index (χ0v) is 11.8. The van der Waals surface area contributed by atoms with Crippen LogP contribution in [0.4, 0.5) is 0 Å². The first-order chi connectivity index (χ1) is 8.33. The van der Waals surface area contributed by atoms with Crippen molar-refractivity contribution in [1.82, 2.24) is 9.80 Å². The van der Waals surface area contributed by atoms with Gasteiger partial charge in [-0.25, -0.2) is 0 Å². The van der Waals surface area contributed by atoms with Gasteiger partial charge in [0.05, 0.1) is 6.67 Å². The average Bonchev–Trinajstić information content (AvgIpc) is 2.73. The van der Waals surface area contributed by atoms with E-state index in [1.807, 2.05) is 0 Å². The smallest absolute Gasteiger partial charge is 0.0890 e. The summed E-state index contributed by atoms with van der Waals surface area (Å²) in [4.78, 5) is 4.63. The molecule has 2 nitrogen and oxygen atoms in total. The van der Waals surface area contributed by atoms with Crippen molar-refractivity contribution in [2.24, 2.45) is 0 Å². The Morgan fingerprint density at radius 2 is 1.41 bits per heavy atom. The van der Waals surface area contributed by atoms with Gasteiger partial charge in [-0.15, -0.1) is 0 Å². The van der Waals surface area contributed by atoms with Crippen LogP contribution in [-0.2, 0) is 0 Å². The van der Waals surface area contributed by atoms with Crippen molar-refractivity contribution in [1.29, 1.82) is 0 Å². The van der Waals surface area contributed by atoms with Crippen LogP contribution in [0.2, 0.25) is 0 Å². The van der Waals surface area contributed by atoms with Gasteiger partial charge in [-0.1, -0.05) is 58.3 Å². The molecule has 0 radical (unpaired) electrons. The van der Waals surface area contributed by atoms with E-state index < -0.39 is 0 Å². The molecular formula is C15H30N2. The number of rotatable bonds is 10. The Kier molecular flexibility index (Phi) is 7.94. The minimum atomic E-state index is 1.08. The van der Waals surface area contributed by atoms with Crippen LogP contribution in [0.15, 0.2) is 12.4 Å². The van der Waals surface area contributed by atoms with E-state index in [1.165, 1.54) is 64.3 Å². The standard InChI is InChI=1S/C15H30N2/c1-3-4-5-6-7-8-9-10-11-12-17-14-13-16(2)15-17/h13-14H,3-12,15H2,1-2H3. The molecule has 0 amide bonds. The summed E-state index contributed by atoms with van der Waals surface area (Å²) in [5.41, 5.74) is 0. The monoisotopic (exact) mass is 238 g/mol. The van der Waals surface area contributed by atoms with Gasteiger partial charge in [0.15, 0.2) is 0 Å². The van der Waals surface area contributed by atoms with Crippen molar-refractivity contribution in [2.75, 3.05) is 20.3 Å². The Balaban J connectivity index is 1.77. The van der Waals surface area contributed by atoms with E-state index in [0.717, 1.165) is 6.67 Å². The molecule has 1 aliphatic rings. The molecule has 0 N–H and O–H groups in total. The maximum Gasteiger partial charge on any atom is 0.0890 e. The van der Waals surface area contributed by atoms with E-state index in [0.29, 0.717) is 0 Å². The molecule has 17 heavy (non-hydrogen) atoms. The fourth-order valence-corrected chi connectivity index (χ4v) is 2.36. The van der Waals surface area contributed by atoms with Gasteiger partial charge in [0.25, 0.3) is 0 Å². The quantitative estimate of drug-likeness (QED) is 0.526. The van der Waals surface area contributed by atoms with Crippen molar-refractivity contribution >= 4 is 0 Å². The summed E-state index contributed by atoms with van der Waals surface area (Å²) < 4.78 is 0. The number of unbranched alkanes of at least 4 members (excludes halogenated alkanes) is 8. The highest BCUT2D eigenvalue weighted by Crippen LogP contribution is 2.11. The molecule has 1 aliphatic heterocycles. The second-order valence-corrected chi connectivity index (χ2v) is 5.34. The first kappa shape index (κ1) is 14.4. The van der Waals surface area contributed by atoms with Crippen molar-refractivity contribution in [3.8, 4) is 0 Å². The van der Waals surface area contributed by atoms with Crippen LogP contribution in [0.3, 0.4) is 0 Å². The highest BCUT2D eigenvalue weighted by molar-refractivity contribution is 4.88. The van der Waals surface area contributed by atoms with Crippen LogP contribution in [-0.4, -0.2) is 30.1 Å². The second kappa shape index (κ2) is 9.38. The van der Waals surface area contributed by atoms with E-state index in [1.54, 1.807) is 0 Å². The van der Waals surface area contributed by atoms with Crippen LogP contribution in [0.5, 0.6) is 0 Å². The molecule has 0 bridgehead atoms. The molecule has 0 atom stereocenters. The highest BCUT2D eigenvalue weighted by atomic mass is 15.3. The lowest BCUT2D eigenvalue weighted by Gasteiger charge is -2.17. The van der Waals surface area contributed by atoms with E-state index in [9.17, 15) is 0 Å². The Labute approximate surface area is 108 Å². The number of nitrogens with zero attached hydrogens (tertiary/aromatic N) is 2. The zero-order valence-electron chi connectivity index (χ0n) is 11.8. The largest absolute Gasteiger partial charge is 0.362 e. The third kappa shape index (κ3) is 7.30. The Morgan fingerprint density at radius 3 is 1.94 bits per heavy atom. The van der Waals surface area contributed by atoms with E-state index >= 15 is 0 Å². The molecule has 0 fully saturated rings. The first-order valence-electron chi connectivity index (χ1n) is 7.45. The summed E-state index contributed by atoms with van der Waals surface area (Å²) in [5, 5.41) is 0. The predicted octanol–water partition coefficient (Wildman–Crippen LogP) is 4.19. The van der Waals surface area contributed by atoms with Crippen molar-refractivity contribution < 1.29 is 0 Å². The summed E-state index contributed by atoms with van der Waals surface area (Å²) >= 11 is 0. The molecular weight excluding hydrogens is 208 g/mol. The molecule has 0 saturated heterocycles. The minimum absolute atomic E-state index is 1.08. The second-order valence-electron chi connectivity index (χ2n) is 5.34. The summed E-state index contributed by atoms with van der Waals surface area (Å²) in [7, 11) is 2.13. The molecule has 0 spiro atoms. The third-order valence-corrected chi connectivity index (χ3v) is 3.49. The SMILES string of the molecule is CCCCCCCCCCCN1C=CN(C)C1. The Bertz CT molecular complexity index is 201. The molecule has 2 heteroatoms. The molecule has 0 unspecified atom stereocenters. The fraction of sp³-hybridized carbons (Fsp3) is 0.867. The fourth-order valence-electron chi connectivity index (χ4n) is 2.36. The molecule has 0 aromatic rings. The van der Waals surface area contributed by atoms with E-state index in [2.05, 4.69) is 36.2 Å². The summed E-state index contributed by atoms with van der Waals surface area (Å²) in [5.74, 6) is 0. The molecule has 0 aromatic carbocycles. The maximum absolute atomic E-state index is 2.40. The van der Waals surface area contributed by atoms with Crippen LogP contribution < -0.4 is 0 Å². The van der Waals surface area contributed by atoms with Crippen LogP contribution >= 0.6 is 0 Å². The summed E-state index contributed by atoms with van der Waals surface area (Å²) in [6.07, 6.45) is 17.1. The molecule has 0 aliphatic carbocycles. The lowest BCUT2D eigenvalue weighted by Crippen LogP contribution is -2.23. The van der Waals surface area contributed by atoms with Gasteiger partial charge in [0, 0.05) is 26.0 Å². The summed E-state index contributed by atoms with van der Waals surface area (Å²) in [6, 6.07) is 0. The zero-order chi connectivity index (χ0) is 12.3. The Hall–Kier alpha value is -0.660. The van der Waals surface area contributed by atoms with Gasteiger partial charge in [0.2, 0.25) is 0 Å². The van der Waals surface area contributed by atoms with Gasteiger partial charge in [-0.2, -0.15) is 0 Å². The van der Waals surface area contributed by atoms with Gasteiger partial charge in [-0.05, 0) is 6.42 Å². The molecule has 100 valence electrons. The van der Waals surface area contributed by atoms with Crippen LogP contribution in [0.1, 0.15) is 64.7 Å². The first-order valence-corrected chi connectivity index (χ1v) is 7.45. The van der Waals surface area contributed by atoms with Gasteiger partial charge in [-0.3, -0.25) is 0 Å². The van der Waals surface area contributed by atoms with Gasteiger partial charge in [0.1, 0.15) is 0 Å². The van der Waals surface area contributed by atoms with Gasteiger partial charge < -0.3 is 9.80 Å². The minimum Gasteiger partial charge on any atom is -0.362 e. The normalized spacial score (nSPS) is 14.9. The lowest BCUT2D eigenvalue weighted by molar-refractivity contribution is 0.290. The van der Waals surface area contributed by atoms with E-state index in [-0.39, 0.29) is 0 Å². The predicted molar refractivity (Wildman–Crippen MR) is 75.7 cm³/mol. The molecule has 0 aromatic heterocycles. The maximum atomic E-state index is 2.40. The number of hydrogen-bond donors (Lipinski definition) is 0.